The van der Waals surface area contributed by atoms with Crippen molar-refractivity contribution in [2.24, 2.45) is 0 Å². The lowest BCUT2D eigenvalue weighted by Gasteiger charge is -2.27. The second-order valence-electron chi connectivity index (χ2n) is 8.99. The SMILES string of the molecule is C=S(C)(=O)Nc1nc2cc(-c3ccc(C(C)(C)c4cc(Cl)c(OCCCl)c(C#N)c4)cc3)ccc2o1. The molecule has 0 aliphatic heterocycles. The molecule has 0 saturated heterocycles. The number of nitrogens with one attached hydrogen (secondary N) is 1. The monoisotopic (exact) mass is 541 g/mol. The van der Waals surface area contributed by atoms with Gasteiger partial charge in [-0.15, -0.1) is 11.6 Å². The third kappa shape index (κ3) is 5.46. The van der Waals surface area contributed by atoms with E-state index in [4.69, 9.17) is 32.4 Å². The van der Waals surface area contributed by atoms with Crippen LogP contribution in [0.25, 0.3) is 22.2 Å². The maximum absolute atomic E-state index is 11.9. The summed E-state index contributed by atoms with van der Waals surface area (Å²) in [5, 5.41) is 10.0. The van der Waals surface area contributed by atoms with Gasteiger partial charge >= 0.3 is 6.01 Å². The van der Waals surface area contributed by atoms with Gasteiger partial charge in [-0.25, -0.2) is 4.21 Å². The van der Waals surface area contributed by atoms with Gasteiger partial charge in [-0.2, -0.15) is 10.2 Å². The summed E-state index contributed by atoms with van der Waals surface area (Å²) in [5.41, 5.74) is 5.13. The largest absolute Gasteiger partial charge is 0.489 e. The van der Waals surface area contributed by atoms with E-state index in [1.165, 1.54) is 6.26 Å². The van der Waals surface area contributed by atoms with Crippen LogP contribution in [0.15, 0.2) is 59.0 Å². The summed E-state index contributed by atoms with van der Waals surface area (Å²) in [4.78, 5) is 4.38. The Balaban J connectivity index is 1.63. The minimum atomic E-state index is -2.49. The maximum atomic E-state index is 11.9. The molecule has 6 nitrogen and oxygen atoms in total. The van der Waals surface area contributed by atoms with Gasteiger partial charge in [0.2, 0.25) is 0 Å². The first kappa shape index (κ1) is 25.9. The molecule has 0 spiro atoms. The van der Waals surface area contributed by atoms with Crippen molar-refractivity contribution >= 4 is 55.9 Å². The van der Waals surface area contributed by atoms with Crippen LogP contribution < -0.4 is 9.46 Å². The zero-order valence-corrected chi connectivity index (χ0v) is 22.4. The highest BCUT2D eigenvalue weighted by Crippen LogP contribution is 2.39. The lowest BCUT2D eigenvalue weighted by molar-refractivity contribution is 0.341. The molecule has 0 aliphatic rings. The Labute approximate surface area is 221 Å². The summed E-state index contributed by atoms with van der Waals surface area (Å²) in [5.74, 6) is 4.22. The fraction of sp³-hybridized carbons (Fsp3) is 0.222. The van der Waals surface area contributed by atoms with E-state index in [-0.39, 0.29) is 12.6 Å². The minimum absolute atomic E-state index is 0.177. The summed E-state index contributed by atoms with van der Waals surface area (Å²) < 4.78 is 25.8. The smallest absolute Gasteiger partial charge is 0.307 e. The number of anilines is 1. The lowest BCUT2D eigenvalue weighted by Crippen LogP contribution is -2.19. The predicted octanol–water partition coefficient (Wildman–Crippen LogP) is 6.64. The molecule has 186 valence electrons. The summed E-state index contributed by atoms with van der Waals surface area (Å²) >= 11 is 12.2. The Morgan fingerprint density at radius 2 is 1.83 bits per heavy atom. The number of fused-ring (bicyclic) bond motifs is 1. The average molecular weight is 542 g/mol. The summed E-state index contributed by atoms with van der Waals surface area (Å²) in [6, 6.07) is 19.9. The summed E-state index contributed by atoms with van der Waals surface area (Å²) in [6.45, 7) is 4.43. The molecule has 0 aliphatic carbocycles. The van der Waals surface area contributed by atoms with Crippen LogP contribution in [0.1, 0.15) is 30.5 Å². The molecule has 0 radical (unpaired) electrons. The van der Waals surface area contributed by atoms with Crippen molar-refractivity contribution in [1.82, 2.24) is 4.98 Å². The van der Waals surface area contributed by atoms with Crippen LogP contribution in [0, 0.1) is 11.3 Å². The Bertz CT molecular complexity index is 1570. The van der Waals surface area contributed by atoms with Crippen molar-refractivity contribution in [2.45, 2.75) is 19.3 Å². The first-order valence-electron chi connectivity index (χ1n) is 11.1. The molecule has 9 heteroatoms. The molecule has 36 heavy (non-hydrogen) atoms. The molecule has 1 heterocycles. The molecule has 4 rings (SSSR count). The fourth-order valence-electron chi connectivity index (χ4n) is 3.91. The van der Waals surface area contributed by atoms with Crippen LogP contribution in [0.3, 0.4) is 0 Å². The predicted molar refractivity (Wildman–Crippen MR) is 149 cm³/mol. The van der Waals surface area contributed by atoms with E-state index in [9.17, 15) is 9.47 Å². The number of aromatic nitrogens is 1. The van der Waals surface area contributed by atoms with Gasteiger partial charge in [0.1, 0.15) is 18.2 Å². The Morgan fingerprint density at radius 1 is 1.14 bits per heavy atom. The van der Waals surface area contributed by atoms with Crippen LogP contribution in [0.4, 0.5) is 6.01 Å². The number of rotatable bonds is 8. The van der Waals surface area contributed by atoms with Gasteiger partial charge in [-0.1, -0.05) is 55.8 Å². The van der Waals surface area contributed by atoms with E-state index in [0.717, 1.165) is 22.3 Å². The Kier molecular flexibility index (Phi) is 7.24. The first-order chi connectivity index (χ1) is 17.0. The molecule has 1 atom stereocenters. The van der Waals surface area contributed by atoms with Crippen molar-refractivity contribution < 1.29 is 13.4 Å². The third-order valence-corrected chi connectivity index (χ3v) is 6.88. The molecule has 0 amide bonds. The Hall–Kier alpha value is -3.18. The van der Waals surface area contributed by atoms with Gasteiger partial charge in [0.25, 0.3) is 0 Å². The van der Waals surface area contributed by atoms with E-state index in [1.807, 2.05) is 42.5 Å². The molecule has 1 unspecified atom stereocenters. The van der Waals surface area contributed by atoms with Gasteiger partial charge in [0.05, 0.1) is 16.5 Å². The minimum Gasteiger partial charge on any atom is -0.489 e. The van der Waals surface area contributed by atoms with Crippen molar-refractivity contribution in [1.29, 1.82) is 5.26 Å². The molecule has 1 N–H and O–H groups in total. The number of alkyl halides is 1. The first-order valence-corrected chi connectivity index (χ1v) is 14.1. The van der Waals surface area contributed by atoms with Gasteiger partial charge in [-0.3, -0.25) is 4.72 Å². The van der Waals surface area contributed by atoms with E-state index in [2.05, 4.69) is 47.6 Å². The third-order valence-electron chi connectivity index (χ3n) is 5.84. The van der Waals surface area contributed by atoms with Crippen molar-refractivity contribution in [3.63, 3.8) is 0 Å². The molecule has 0 saturated carbocycles. The van der Waals surface area contributed by atoms with Crippen LogP contribution >= 0.6 is 23.2 Å². The molecule has 3 aromatic carbocycles. The van der Waals surface area contributed by atoms with Gasteiger partial charge < -0.3 is 9.15 Å². The molecular formula is C27H25Cl2N3O3S. The number of halogens is 2. The maximum Gasteiger partial charge on any atom is 0.307 e. The second kappa shape index (κ2) is 10.1. The van der Waals surface area contributed by atoms with Crippen molar-refractivity contribution in [3.8, 4) is 22.9 Å². The summed E-state index contributed by atoms with van der Waals surface area (Å²) in [7, 11) is -2.49. The van der Waals surface area contributed by atoms with Crippen molar-refractivity contribution in [3.05, 3.63) is 76.3 Å². The van der Waals surface area contributed by atoms with E-state index >= 15 is 0 Å². The zero-order chi connectivity index (χ0) is 26.1. The quantitative estimate of drug-likeness (QED) is 0.199. The standard InChI is InChI=1S/C27H25Cl2N3O3S/c1-27(2,21-13-19(16-30)25(22(29)15-21)34-12-11-28)20-8-5-17(6-9-20)18-7-10-24-23(14-18)31-26(35-24)32-36(3,4)33/h5-10,13-15H,3,11-12H2,1-2,4H3,(H,31,32,33). The van der Waals surface area contributed by atoms with Crippen molar-refractivity contribution in [2.75, 3.05) is 23.5 Å². The summed E-state index contributed by atoms with van der Waals surface area (Å²) in [6.07, 6.45) is 1.48. The van der Waals surface area contributed by atoms with E-state index in [0.29, 0.717) is 33.3 Å². The van der Waals surface area contributed by atoms with Crippen LogP contribution in [0.5, 0.6) is 5.75 Å². The number of hydrogen-bond acceptors (Lipinski definition) is 5. The van der Waals surface area contributed by atoms with Crippen LogP contribution in [0.2, 0.25) is 5.02 Å². The number of oxazole rings is 1. The number of ether oxygens (including phenoxy) is 1. The number of hydrogen-bond donors (Lipinski definition) is 1. The van der Waals surface area contributed by atoms with E-state index < -0.39 is 15.1 Å². The van der Waals surface area contributed by atoms with Gasteiger partial charge in [0.15, 0.2) is 11.3 Å². The Morgan fingerprint density at radius 3 is 2.47 bits per heavy atom. The zero-order valence-electron chi connectivity index (χ0n) is 20.1. The number of nitrogens with zero attached hydrogens (tertiary/aromatic N) is 2. The van der Waals surface area contributed by atoms with E-state index in [1.54, 1.807) is 0 Å². The van der Waals surface area contributed by atoms with Gasteiger partial charge in [-0.05, 0) is 52.4 Å². The average Bonchev–Trinajstić information content (AvgIpc) is 3.22. The topological polar surface area (TPSA) is 88.1 Å². The molecule has 0 bridgehead atoms. The normalized spacial score (nSPS) is 13.2. The molecule has 1 aromatic heterocycles. The highest BCUT2D eigenvalue weighted by Gasteiger charge is 2.26. The van der Waals surface area contributed by atoms with Crippen LogP contribution in [-0.4, -0.2) is 33.8 Å². The molecule has 0 fully saturated rings. The molecular weight excluding hydrogens is 517 g/mol. The second-order valence-corrected chi connectivity index (χ2v) is 12.0. The number of nitriles is 1. The number of benzene rings is 3. The fourth-order valence-corrected chi connectivity index (χ4v) is 4.71. The highest BCUT2D eigenvalue weighted by molar-refractivity contribution is 8.00. The van der Waals surface area contributed by atoms with Crippen LogP contribution in [-0.2, 0) is 15.1 Å². The highest BCUT2D eigenvalue weighted by atomic mass is 35.5. The van der Waals surface area contributed by atoms with Gasteiger partial charge in [0, 0.05) is 21.4 Å². The molecule has 4 aromatic rings. The lowest BCUT2D eigenvalue weighted by atomic mass is 9.77.